The van der Waals surface area contributed by atoms with Crippen LogP contribution in [0.3, 0.4) is 0 Å². The van der Waals surface area contributed by atoms with Gasteiger partial charge in [-0.1, -0.05) is 20.8 Å². The number of thioether (sulfide) groups is 1. The van der Waals surface area contributed by atoms with E-state index in [1.807, 2.05) is 11.8 Å². The molecule has 1 aromatic rings. The molecule has 0 saturated carbocycles. The molecule has 2 heterocycles. The molecule has 0 amide bonds. The highest BCUT2D eigenvalue weighted by molar-refractivity contribution is 8.15. The molecule has 0 bridgehead atoms. The highest BCUT2D eigenvalue weighted by Gasteiger charge is 2.34. The van der Waals surface area contributed by atoms with Gasteiger partial charge in [0, 0.05) is 25.8 Å². The first-order chi connectivity index (χ1) is 15.2. The molecule has 0 unspecified atom stereocenters. The van der Waals surface area contributed by atoms with E-state index in [9.17, 15) is 9.59 Å². The summed E-state index contributed by atoms with van der Waals surface area (Å²) >= 11 is 1.65. The predicted octanol–water partition coefficient (Wildman–Crippen LogP) is 4.49. The summed E-state index contributed by atoms with van der Waals surface area (Å²) in [6, 6.07) is 4.40. The number of nitrogens with zero attached hydrogens (tertiary/aromatic N) is 3. The summed E-state index contributed by atoms with van der Waals surface area (Å²) in [5.41, 5.74) is 3.08. The molecule has 2 aliphatic rings. The van der Waals surface area contributed by atoms with Crippen molar-refractivity contribution in [2.45, 2.75) is 58.3 Å². The molecule has 1 aromatic carbocycles. The van der Waals surface area contributed by atoms with Crippen LogP contribution >= 0.6 is 11.8 Å². The van der Waals surface area contributed by atoms with Gasteiger partial charge in [0.1, 0.15) is 0 Å². The Morgan fingerprint density at radius 3 is 2.38 bits per heavy atom. The number of ether oxygens (including phenoxy) is 2. The van der Waals surface area contributed by atoms with Crippen LogP contribution < -0.4 is 9.80 Å². The van der Waals surface area contributed by atoms with Gasteiger partial charge in [-0.25, -0.2) is 9.59 Å². The molecule has 174 valence electrons. The lowest BCUT2D eigenvalue weighted by Gasteiger charge is -2.28. The molecular formula is C24H33N3O4S. The number of hydrogen-bond acceptors (Lipinski definition) is 8. The summed E-state index contributed by atoms with van der Waals surface area (Å²) in [5, 5.41) is 1.01. The zero-order valence-corrected chi connectivity index (χ0v) is 20.7. The number of carbonyl (C=O) groups excluding carboxylic acids is 2. The van der Waals surface area contributed by atoms with Gasteiger partial charge in [-0.3, -0.25) is 4.99 Å². The number of amidine groups is 1. The Balaban J connectivity index is 2.15. The Labute approximate surface area is 194 Å². The largest absolute Gasteiger partial charge is 0.462 e. The Bertz CT molecular complexity index is 929. The van der Waals surface area contributed by atoms with Crippen molar-refractivity contribution in [3.8, 4) is 0 Å². The molecule has 2 aliphatic heterocycles. The third kappa shape index (κ3) is 4.95. The zero-order valence-electron chi connectivity index (χ0n) is 19.9. The van der Waals surface area contributed by atoms with Crippen molar-refractivity contribution in [1.29, 1.82) is 0 Å². The van der Waals surface area contributed by atoms with Crippen LogP contribution in [0.5, 0.6) is 0 Å². The lowest BCUT2D eigenvalue weighted by molar-refractivity contribution is -0.146. The first-order valence-electron chi connectivity index (χ1n) is 11.2. The van der Waals surface area contributed by atoms with Crippen molar-refractivity contribution in [1.82, 2.24) is 0 Å². The molecule has 0 N–H and O–H groups in total. The van der Waals surface area contributed by atoms with Crippen molar-refractivity contribution in [2.24, 2.45) is 4.99 Å². The van der Waals surface area contributed by atoms with Crippen molar-refractivity contribution in [3.05, 3.63) is 29.5 Å². The molecule has 0 radical (unpaired) electrons. The number of esters is 2. The second-order valence-corrected chi connectivity index (χ2v) is 9.61. The minimum Gasteiger partial charge on any atom is -0.462 e. The maximum atomic E-state index is 12.6. The summed E-state index contributed by atoms with van der Waals surface area (Å²) in [4.78, 5) is 35.1. The molecule has 8 heteroatoms. The number of carbonyl (C=O) groups is 2. The molecule has 0 aromatic heterocycles. The van der Waals surface area contributed by atoms with Gasteiger partial charge in [0.25, 0.3) is 0 Å². The average Bonchev–Trinajstić information content (AvgIpc) is 3.12. The molecule has 7 nitrogen and oxygen atoms in total. The Morgan fingerprint density at radius 2 is 1.81 bits per heavy atom. The van der Waals surface area contributed by atoms with Gasteiger partial charge >= 0.3 is 11.9 Å². The third-order valence-electron chi connectivity index (χ3n) is 5.34. The number of hydrogen-bond donors (Lipinski definition) is 0. The highest BCUT2D eigenvalue weighted by Crippen LogP contribution is 2.49. The average molecular weight is 460 g/mol. The van der Waals surface area contributed by atoms with Gasteiger partial charge in [-0.05, 0) is 62.1 Å². The van der Waals surface area contributed by atoms with E-state index in [4.69, 9.17) is 14.5 Å². The molecule has 0 fully saturated rings. The Kier molecular flexibility index (Phi) is 7.54. The minimum atomic E-state index is -0.678. The van der Waals surface area contributed by atoms with E-state index in [1.165, 1.54) is 5.56 Å². The molecule has 32 heavy (non-hydrogen) atoms. The van der Waals surface area contributed by atoms with Crippen molar-refractivity contribution in [2.75, 3.05) is 42.6 Å². The fourth-order valence-electron chi connectivity index (χ4n) is 3.63. The van der Waals surface area contributed by atoms with Crippen molar-refractivity contribution in [3.63, 3.8) is 0 Å². The fraction of sp³-hybridized carbons (Fsp3) is 0.542. The summed E-state index contributed by atoms with van der Waals surface area (Å²) in [6.45, 7) is 14.7. The maximum Gasteiger partial charge on any atom is 0.347 e. The van der Waals surface area contributed by atoms with Gasteiger partial charge in [0.15, 0.2) is 10.7 Å². The first-order valence-corrected chi connectivity index (χ1v) is 12.0. The summed E-state index contributed by atoms with van der Waals surface area (Å²) in [5.74, 6) is -1.36. The van der Waals surface area contributed by atoms with E-state index in [0.717, 1.165) is 40.9 Å². The normalized spacial score (nSPS) is 14.8. The van der Waals surface area contributed by atoms with Gasteiger partial charge in [0.05, 0.1) is 29.5 Å². The molecular weight excluding hydrogens is 426 g/mol. The Hall–Kier alpha value is -2.48. The molecule has 0 aliphatic carbocycles. The van der Waals surface area contributed by atoms with E-state index in [-0.39, 0.29) is 24.2 Å². The smallest absolute Gasteiger partial charge is 0.347 e. The van der Waals surface area contributed by atoms with Gasteiger partial charge in [-0.2, -0.15) is 0 Å². The van der Waals surface area contributed by atoms with Crippen LogP contribution in [-0.4, -0.2) is 50.0 Å². The molecule has 0 spiro atoms. The zero-order chi connectivity index (χ0) is 23.5. The van der Waals surface area contributed by atoms with Crippen LogP contribution in [0.2, 0.25) is 0 Å². The number of anilines is 2. The lowest BCUT2D eigenvalue weighted by atomic mass is 9.86. The monoisotopic (exact) mass is 459 g/mol. The van der Waals surface area contributed by atoms with Crippen LogP contribution in [0.25, 0.3) is 0 Å². The van der Waals surface area contributed by atoms with Crippen molar-refractivity contribution < 1.29 is 19.1 Å². The summed E-state index contributed by atoms with van der Waals surface area (Å²) < 4.78 is 10.3. The molecule has 0 atom stereocenters. The molecule has 3 rings (SSSR count). The van der Waals surface area contributed by atoms with Crippen LogP contribution in [0.4, 0.5) is 11.4 Å². The van der Waals surface area contributed by atoms with E-state index < -0.39 is 11.9 Å². The number of rotatable bonds is 7. The Morgan fingerprint density at radius 1 is 1.16 bits per heavy atom. The standard InChI is InChI=1S/C24H33N3O4S/c1-7-26(15-17(21(28)30-8-2)22(29)31-9-3)18-13-16(24(4,5)6)14-19-20(18)32-23-25-11-10-12-27(19)23/h13-15H,7-12H2,1-6H3. The van der Waals surface area contributed by atoms with E-state index in [2.05, 4.69) is 37.8 Å². The predicted molar refractivity (Wildman–Crippen MR) is 130 cm³/mol. The number of fused-ring (bicyclic) bond motifs is 3. The van der Waals surface area contributed by atoms with Crippen molar-refractivity contribution >= 4 is 40.2 Å². The van der Waals surface area contributed by atoms with E-state index in [0.29, 0.717) is 6.54 Å². The van der Waals surface area contributed by atoms with E-state index >= 15 is 0 Å². The number of aliphatic imine (C=N–C) groups is 1. The lowest BCUT2D eigenvalue weighted by Crippen LogP contribution is -2.30. The maximum absolute atomic E-state index is 12.6. The second-order valence-electron chi connectivity index (χ2n) is 8.63. The minimum absolute atomic E-state index is 0.0711. The quantitative estimate of drug-likeness (QED) is 0.257. The van der Waals surface area contributed by atoms with Gasteiger partial charge < -0.3 is 19.3 Å². The SMILES string of the molecule is CCOC(=O)C(=CN(CC)c1cc(C(C)(C)C)cc2c1SC1=NCCCN12)C(=O)OCC. The first kappa shape index (κ1) is 24.2. The fourth-order valence-corrected chi connectivity index (χ4v) is 4.82. The molecule has 0 saturated heterocycles. The van der Waals surface area contributed by atoms with Crippen LogP contribution in [0, 0.1) is 0 Å². The van der Waals surface area contributed by atoms with Crippen LogP contribution in [0.15, 0.2) is 33.8 Å². The topological polar surface area (TPSA) is 71.4 Å². The second kappa shape index (κ2) is 9.98. The highest BCUT2D eigenvalue weighted by atomic mass is 32.2. The summed E-state index contributed by atoms with van der Waals surface area (Å²) in [6.07, 6.45) is 2.59. The van der Waals surface area contributed by atoms with E-state index in [1.54, 1.807) is 31.8 Å². The van der Waals surface area contributed by atoms with Crippen LogP contribution in [0.1, 0.15) is 53.5 Å². The number of benzene rings is 1. The summed E-state index contributed by atoms with van der Waals surface area (Å²) in [7, 11) is 0. The third-order valence-corrected chi connectivity index (χ3v) is 6.50. The van der Waals surface area contributed by atoms with Crippen LogP contribution in [-0.2, 0) is 24.5 Å². The van der Waals surface area contributed by atoms with Gasteiger partial charge in [0.2, 0.25) is 0 Å². The van der Waals surface area contributed by atoms with Gasteiger partial charge in [-0.15, -0.1) is 0 Å².